The number of benzene rings is 1. The Morgan fingerprint density at radius 1 is 1.35 bits per heavy atom. The Morgan fingerprint density at radius 2 is 2.12 bits per heavy atom. The van der Waals surface area contributed by atoms with E-state index in [2.05, 4.69) is 6.92 Å². The minimum Gasteiger partial charge on any atom is -0.493 e. The van der Waals surface area contributed by atoms with Gasteiger partial charge in [-0.1, -0.05) is 13.0 Å². The summed E-state index contributed by atoms with van der Waals surface area (Å²) >= 11 is 1.86. The van der Waals surface area contributed by atoms with Crippen LogP contribution in [-0.4, -0.2) is 25.2 Å². The number of hydrogen-bond acceptors (Lipinski definition) is 4. The molecule has 96 valence electrons. The maximum atomic E-state index is 5.83. The SMILES string of the molecule is CCSCCOc1ccc(C(C)N)cc1OC. The van der Waals surface area contributed by atoms with Crippen molar-refractivity contribution in [2.45, 2.75) is 19.9 Å². The van der Waals surface area contributed by atoms with Crippen molar-refractivity contribution < 1.29 is 9.47 Å². The topological polar surface area (TPSA) is 44.5 Å². The van der Waals surface area contributed by atoms with Crippen molar-refractivity contribution in [2.24, 2.45) is 5.73 Å². The summed E-state index contributed by atoms with van der Waals surface area (Å²) in [5, 5.41) is 0. The third-order valence-electron chi connectivity index (χ3n) is 2.40. The van der Waals surface area contributed by atoms with Gasteiger partial charge in [0, 0.05) is 11.8 Å². The van der Waals surface area contributed by atoms with E-state index >= 15 is 0 Å². The zero-order valence-electron chi connectivity index (χ0n) is 10.7. The molecule has 0 aliphatic heterocycles. The van der Waals surface area contributed by atoms with Gasteiger partial charge in [0.05, 0.1) is 13.7 Å². The highest BCUT2D eigenvalue weighted by atomic mass is 32.2. The minimum absolute atomic E-state index is 0.00796. The number of methoxy groups -OCH3 is 1. The highest BCUT2D eigenvalue weighted by molar-refractivity contribution is 7.99. The fourth-order valence-corrected chi connectivity index (χ4v) is 1.93. The van der Waals surface area contributed by atoms with Gasteiger partial charge in [0.2, 0.25) is 0 Å². The highest BCUT2D eigenvalue weighted by Crippen LogP contribution is 2.29. The predicted molar refractivity (Wildman–Crippen MR) is 74.1 cm³/mol. The van der Waals surface area contributed by atoms with Gasteiger partial charge in [0.25, 0.3) is 0 Å². The normalized spacial score (nSPS) is 12.2. The maximum absolute atomic E-state index is 5.83. The fourth-order valence-electron chi connectivity index (χ4n) is 1.44. The van der Waals surface area contributed by atoms with E-state index in [9.17, 15) is 0 Å². The second-order valence-corrected chi connectivity index (χ2v) is 5.14. The van der Waals surface area contributed by atoms with Gasteiger partial charge in [-0.25, -0.2) is 0 Å². The molecule has 0 spiro atoms. The van der Waals surface area contributed by atoms with Crippen LogP contribution in [0.25, 0.3) is 0 Å². The first-order chi connectivity index (χ1) is 8.19. The molecule has 0 saturated carbocycles. The molecule has 0 aliphatic carbocycles. The largest absolute Gasteiger partial charge is 0.493 e. The molecule has 1 atom stereocenters. The molecule has 3 nitrogen and oxygen atoms in total. The smallest absolute Gasteiger partial charge is 0.161 e. The van der Waals surface area contributed by atoms with Crippen LogP contribution in [-0.2, 0) is 0 Å². The molecule has 1 aromatic carbocycles. The van der Waals surface area contributed by atoms with Crippen LogP contribution in [0.15, 0.2) is 18.2 Å². The van der Waals surface area contributed by atoms with Crippen LogP contribution in [0.1, 0.15) is 25.5 Å². The van der Waals surface area contributed by atoms with Crippen LogP contribution in [0, 0.1) is 0 Å². The van der Waals surface area contributed by atoms with Crippen LogP contribution < -0.4 is 15.2 Å². The number of nitrogens with two attached hydrogens (primary N) is 1. The Morgan fingerprint density at radius 3 is 2.71 bits per heavy atom. The van der Waals surface area contributed by atoms with Crippen molar-refractivity contribution in [3.8, 4) is 11.5 Å². The zero-order chi connectivity index (χ0) is 12.7. The predicted octanol–water partition coefficient (Wildman–Crippen LogP) is 2.85. The Kier molecular flexibility index (Phi) is 6.22. The van der Waals surface area contributed by atoms with Gasteiger partial charge in [-0.2, -0.15) is 11.8 Å². The first kappa shape index (κ1) is 14.2. The van der Waals surface area contributed by atoms with Gasteiger partial charge in [-0.15, -0.1) is 0 Å². The van der Waals surface area contributed by atoms with Crippen LogP contribution in [0.3, 0.4) is 0 Å². The van der Waals surface area contributed by atoms with Gasteiger partial charge >= 0.3 is 0 Å². The van der Waals surface area contributed by atoms with Crippen LogP contribution in [0.2, 0.25) is 0 Å². The van der Waals surface area contributed by atoms with Crippen LogP contribution >= 0.6 is 11.8 Å². The molecular formula is C13H21NO2S. The van der Waals surface area contributed by atoms with E-state index in [4.69, 9.17) is 15.2 Å². The number of hydrogen-bond donors (Lipinski definition) is 1. The van der Waals surface area contributed by atoms with Gasteiger partial charge < -0.3 is 15.2 Å². The molecule has 0 radical (unpaired) electrons. The van der Waals surface area contributed by atoms with Gasteiger partial charge in [0.15, 0.2) is 11.5 Å². The molecule has 1 rings (SSSR count). The highest BCUT2D eigenvalue weighted by Gasteiger charge is 2.07. The van der Waals surface area contributed by atoms with Gasteiger partial charge in [0.1, 0.15) is 0 Å². The summed E-state index contributed by atoms with van der Waals surface area (Å²) in [6, 6.07) is 5.85. The molecule has 0 saturated heterocycles. The van der Waals surface area contributed by atoms with E-state index in [1.807, 2.05) is 36.9 Å². The van der Waals surface area contributed by atoms with Crippen molar-refractivity contribution in [2.75, 3.05) is 25.2 Å². The second-order valence-electron chi connectivity index (χ2n) is 3.74. The van der Waals surface area contributed by atoms with E-state index in [0.29, 0.717) is 6.61 Å². The molecule has 0 bridgehead atoms. The average molecular weight is 255 g/mol. The zero-order valence-corrected chi connectivity index (χ0v) is 11.5. The lowest BCUT2D eigenvalue weighted by molar-refractivity contribution is 0.313. The van der Waals surface area contributed by atoms with Crippen LogP contribution in [0.4, 0.5) is 0 Å². The summed E-state index contributed by atoms with van der Waals surface area (Å²) in [5.74, 6) is 3.65. The third kappa shape index (κ3) is 4.48. The summed E-state index contributed by atoms with van der Waals surface area (Å²) in [6.07, 6.45) is 0. The Balaban J connectivity index is 2.65. The van der Waals surface area contributed by atoms with Gasteiger partial charge in [-0.05, 0) is 30.4 Å². The van der Waals surface area contributed by atoms with Crippen molar-refractivity contribution in [3.05, 3.63) is 23.8 Å². The first-order valence-electron chi connectivity index (χ1n) is 5.83. The average Bonchev–Trinajstić information content (AvgIpc) is 2.34. The van der Waals surface area contributed by atoms with E-state index in [1.54, 1.807) is 7.11 Å². The molecular weight excluding hydrogens is 234 g/mol. The first-order valence-corrected chi connectivity index (χ1v) is 6.98. The van der Waals surface area contributed by atoms with E-state index < -0.39 is 0 Å². The summed E-state index contributed by atoms with van der Waals surface area (Å²) in [6.45, 7) is 4.79. The monoisotopic (exact) mass is 255 g/mol. The Labute approximate surface area is 108 Å². The van der Waals surface area contributed by atoms with E-state index in [0.717, 1.165) is 28.6 Å². The molecule has 0 heterocycles. The summed E-state index contributed by atoms with van der Waals surface area (Å²) in [5.41, 5.74) is 6.88. The molecule has 1 aromatic rings. The lowest BCUT2D eigenvalue weighted by atomic mass is 10.1. The molecule has 0 aromatic heterocycles. The van der Waals surface area contributed by atoms with Crippen LogP contribution in [0.5, 0.6) is 11.5 Å². The number of ether oxygens (including phenoxy) is 2. The molecule has 0 fully saturated rings. The molecule has 4 heteroatoms. The van der Waals surface area contributed by atoms with Gasteiger partial charge in [-0.3, -0.25) is 0 Å². The van der Waals surface area contributed by atoms with E-state index in [1.165, 1.54) is 0 Å². The van der Waals surface area contributed by atoms with Crippen molar-refractivity contribution in [1.29, 1.82) is 0 Å². The fraction of sp³-hybridized carbons (Fsp3) is 0.538. The maximum Gasteiger partial charge on any atom is 0.161 e. The summed E-state index contributed by atoms with van der Waals surface area (Å²) < 4.78 is 11.0. The third-order valence-corrected chi connectivity index (χ3v) is 3.27. The summed E-state index contributed by atoms with van der Waals surface area (Å²) in [7, 11) is 1.65. The van der Waals surface area contributed by atoms with Crippen molar-refractivity contribution in [1.82, 2.24) is 0 Å². The molecule has 0 amide bonds. The Hall–Kier alpha value is -0.870. The number of rotatable bonds is 7. The molecule has 17 heavy (non-hydrogen) atoms. The quantitative estimate of drug-likeness (QED) is 0.761. The Bertz CT molecular complexity index is 342. The molecule has 1 unspecified atom stereocenters. The number of thioether (sulfide) groups is 1. The standard InChI is InChI=1S/C13H21NO2S/c1-4-17-8-7-16-12-6-5-11(10(2)14)9-13(12)15-3/h5-6,9-10H,4,7-8,14H2,1-3H3. The van der Waals surface area contributed by atoms with E-state index in [-0.39, 0.29) is 6.04 Å². The lowest BCUT2D eigenvalue weighted by Gasteiger charge is -2.13. The summed E-state index contributed by atoms with van der Waals surface area (Å²) in [4.78, 5) is 0. The minimum atomic E-state index is 0.00796. The molecule has 0 aliphatic rings. The second kappa shape index (κ2) is 7.45. The van der Waals surface area contributed by atoms with Crippen molar-refractivity contribution >= 4 is 11.8 Å². The lowest BCUT2D eigenvalue weighted by Crippen LogP contribution is -2.06. The molecule has 2 N–H and O–H groups in total. The van der Waals surface area contributed by atoms with Crippen molar-refractivity contribution in [3.63, 3.8) is 0 Å².